The zero-order chi connectivity index (χ0) is 32.0. The van der Waals surface area contributed by atoms with Gasteiger partial charge < -0.3 is 47.1 Å². The third kappa shape index (κ3) is 7.41. The number of hydrogen-bond donors (Lipinski definition) is 7. The van der Waals surface area contributed by atoms with Gasteiger partial charge in [0.25, 0.3) is 0 Å². The summed E-state index contributed by atoms with van der Waals surface area (Å²) in [7, 11) is -1.63. The van der Waals surface area contributed by atoms with Crippen molar-refractivity contribution in [3.8, 4) is 5.75 Å². The van der Waals surface area contributed by atoms with Gasteiger partial charge in [0.2, 0.25) is 5.91 Å². The molecular weight excluding hydrogens is 615 g/mol. The molecule has 0 aliphatic carbocycles. The van der Waals surface area contributed by atoms with E-state index in [0.717, 1.165) is 16.2 Å². The van der Waals surface area contributed by atoms with E-state index in [1.54, 1.807) is 19.1 Å². The van der Waals surface area contributed by atoms with E-state index in [-0.39, 0.29) is 41.6 Å². The van der Waals surface area contributed by atoms with Gasteiger partial charge in [0.05, 0.1) is 11.6 Å². The quantitative estimate of drug-likeness (QED) is 0.0610. The molecule has 2 aromatic rings. The second kappa shape index (κ2) is 14.7. The molecule has 1 aromatic carbocycles. The van der Waals surface area contributed by atoms with E-state index >= 15 is 0 Å². The third-order valence-electron chi connectivity index (χ3n) is 6.92. The Morgan fingerprint density at radius 3 is 2.68 bits per heavy atom. The minimum absolute atomic E-state index is 0.00180. The van der Waals surface area contributed by atoms with E-state index in [2.05, 4.69) is 20.9 Å². The van der Waals surface area contributed by atoms with Crippen LogP contribution in [0.2, 0.25) is 0 Å². The van der Waals surface area contributed by atoms with Crippen molar-refractivity contribution < 1.29 is 38.8 Å². The fraction of sp³-hybridized carbons (Fsp3) is 0.440. The summed E-state index contributed by atoms with van der Waals surface area (Å²) in [6, 6.07) is 0.888. The highest BCUT2D eigenvalue weighted by molar-refractivity contribution is 7.99. The molecular formula is C25H33BN8O8S2. The van der Waals surface area contributed by atoms with Crippen LogP contribution in [0.15, 0.2) is 22.4 Å². The number of rotatable bonds is 12. The first-order valence-electron chi connectivity index (χ1n) is 13.8. The molecule has 16 nitrogen and oxygen atoms in total. The van der Waals surface area contributed by atoms with Gasteiger partial charge in [0.15, 0.2) is 11.2 Å². The molecule has 2 aliphatic heterocycles. The standard InChI is InChI=1S/C25H33BN8O8S2/c1-2-33-8-9-34(22(37)21(33)36)25(40)32-18(14-12-44-24(28)30-14)20(35)31-16-11-13-3-4-15(43-10-7-29-6-5-27)17(23(38)39)19(13)42-26(16)41/h3-4,12,16,18,29,41H,2,5-11,27H2,1H3,(H2,28,30)(H,31,35)(H,32,40)(H,38,39)/t16-,18?/m0/s1. The van der Waals surface area contributed by atoms with Crippen molar-refractivity contribution in [3.63, 3.8) is 0 Å². The van der Waals surface area contributed by atoms with Crippen molar-refractivity contribution in [2.45, 2.75) is 30.2 Å². The highest BCUT2D eigenvalue weighted by atomic mass is 32.2. The minimum atomic E-state index is -1.63. The van der Waals surface area contributed by atoms with Crippen LogP contribution in [0.1, 0.15) is 34.6 Å². The van der Waals surface area contributed by atoms with Crippen LogP contribution in [-0.4, -0.2) is 113 Å². The Morgan fingerprint density at radius 1 is 1.25 bits per heavy atom. The van der Waals surface area contributed by atoms with Gasteiger partial charge >= 0.3 is 30.9 Å². The number of nitrogen functional groups attached to an aromatic ring is 1. The third-order valence-corrected chi connectivity index (χ3v) is 8.68. The predicted molar refractivity (Wildman–Crippen MR) is 162 cm³/mol. The first-order valence-corrected chi connectivity index (χ1v) is 15.6. The predicted octanol–water partition coefficient (Wildman–Crippen LogP) is -1.36. The number of benzene rings is 1. The minimum Gasteiger partial charge on any atom is -0.534 e. The lowest BCUT2D eigenvalue weighted by atomic mass is 9.72. The van der Waals surface area contributed by atoms with E-state index in [4.69, 9.17) is 16.1 Å². The Kier molecular flexibility index (Phi) is 11.0. The summed E-state index contributed by atoms with van der Waals surface area (Å²) in [6.45, 7) is 3.81. The average molecular weight is 649 g/mol. The number of piperazine rings is 1. The number of nitrogens with zero attached hydrogens (tertiary/aromatic N) is 3. The van der Waals surface area contributed by atoms with Crippen molar-refractivity contribution in [3.05, 3.63) is 34.3 Å². The average Bonchev–Trinajstić information content (AvgIpc) is 3.42. The number of amides is 5. The van der Waals surface area contributed by atoms with Gasteiger partial charge in [-0.15, -0.1) is 23.1 Å². The number of carbonyl (C=O) groups is 5. The maximum Gasteiger partial charge on any atom is 0.547 e. The van der Waals surface area contributed by atoms with Crippen molar-refractivity contribution in [2.24, 2.45) is 5.73 Å². The maximum absolute atomic E-state index is 13.5. The zero-order valence-corrected chi connectivity index (χ0v) is 25.4. The highest BCUT2D eigenvalue weighted by Crippen LogP contribution is 2.37. The summed E-state index contributed by atoms with van der Waals surface area (Å²) in [5.74, 6) is -4.36. The number of nitrogens with one attached hydrogen (secondary N) is 3. The second-order valence-electron chi connectivity index (χ2n) is 9.78. The topological polar surface area (TPSA) is 243 Å². The van der Waals surface area contributed by atoms with Crippen LogP contribution in [0.5, 0.6) is 5.75 Å². The molecule has 44 heavy (non-hydrogen) atoms. The van der Waals surface area contributed by atoms with E-state index in [0.29, 0.717) is 42.4 Å². The molecule has 4 rings (SSSR count). The van der Waals surface area contributed by atoms with Gasteiger partial charge in [-0.3, -0.25) is 19.3 Å². The number of carbonyl (C=O) groups excluding carboxylic acids is 4. The molecule has 0 bridgehead atoms. The first kappa shape index (κ1) is 33.0. The molecule has 0 radical (unpaired) electrons. The van der Waals surface area contributed by atoms with Crippen molar-refractivity contribution in [1.82, 2.24) is 30.7 Å². The zero-order valence-electron chi connectivity index (χ0n) is 23.8. The number of likely N-dealkylation sites (N-methyl/N-ethyl adjacent to an activating group) is 1. The largest absolute Gasteiger partial charge is 0.547 e. The summed E-state index contributed by atoms with van der Waals surface area (Å²) >= 11 is 2.33. The SMILES string of the molecule is CCN1CCN(C(=O)NC(C(=O)N[C@H]2Cc3ccc(SCCNCCN)c(C(=O)O)c3OB2O)c2csc(N)n2)C(=O)C1=O. The monoisotopic (exact) mass is 648 g/mol. The summed E-state index contributed by atoms with van der Waals surface area (Å²) in [5, 5.41) is 30.5. The number of thioether (sulfide) groups is 1. The Hall–Kier alpha value is -3.91. The number of hydrogen-bond acceptors (Lipinski definition) is 13. The molecule has 3 heterocycles. The van der Waals surface area contributed by atoms with E-state index in [1.807, 2.05) is 0 Å². The molecule has 19 heteroatoms. The van der Waals surface area contributed by atoms with Gasteiger partial charge in [-0.25, -0.2) is 14.6 Å². The lowest BCUT2D eigenvalue weighted by Crippen LogP contribution is -2.60. The number of urea groups is 1. The lowest BCUT2D eigenvalue weighted by Gasteiger charge is -2.33. The number of fused-ring (bicyclic) bond motifs is 1. The van der Waals surface area contributed by atoms with Gasteiger partial charge in [-0.2, -0.15) is 0 Å². The molecule has 1 aromatic heterocycles. The van der Waals surface area contributed by atoms with Crippen LogP contribution < -0.4 is 32.1 Å². The number of imide groups is 1. The van der Waals surface area contributed by atoms with Gasteiger partial charge in [0, 0.05) is 55.3 Å². The number of carboxylic acid groups (broad SMARTS) is 1. The summed E-state index contributed by atoms with van der Waals surface area (Å²) in [6.07, 6.45) is 0.0113. The number of aromatic carboxylic acids is 1. The van der Waals surface area contributed by atoms with Crippen LogP contribution in [0.4, 0.5) is 9.93 Å². The highest BCUT2D eigenvalue weighted by Gasteiger charge is 2.41. The van der Waals surface area contributed by atoms with Gasteiger partial charge in [0.1, 0.15) is 11.3 Å². The number of aromatic nitrogens is 1. The Morgan fingerprint density at radius 2 is 2.02 bits per heavy atom. The second-order valence-corrected chi connectivity index (χ2v) is 11.8. The van der Waals surface area contributed by atoms with Crippen molar-refractivity contribution in [1.29, 1.82) is 0 Å². The van der Waals surface area contributed by atoms with Crippen molar-refractivity contribution >= 4 is 65.1 Å². The smallest absolute Gasteiger partial charge is 0.534 e. The molecule has 1 unspecified atom stereocenters. The molecule has 1 fully saturated rings. The number of carboxylic acids is 1. The Balaban J connectivity index is 1.50. The van der Waals surface area contributed by atoms with E-state index in [9.17, 15) is 34.1 Å². The van der Waals surface area contributed by atoms with Crippen LogP contribution in [0.25, 0.3) is 0 Å². The Labute approximate surface area is 261 Å². The molecule has 5 amide bonds. The fourth-order valence-electron chi connectivity index (χ4n) is 4.69. The number of thiazole rings is 1. The van der Waals surface area contributed by atoms with Crippen LogP contribution in [0.3, 0.4) is 0 Å². The molecule has 236 valence electrons. The molecule has 1 saturated heterocycles. The normalized spacial score (nSPS) is 17.2. The number of anilines is 1. The summed E-state index contributed by atoms with van der Waals surface area (Å²) in [5.41, 5.74) is 11.6. The summed E-state index contributed by atoms with van der Waals surface area (Å²) < 4.78 is 5.63. The lowest BCUT2D eigenvalue weighted by molar-refractivity contribution is -0.153. The fourth-order valence-corrected chi connectivity index (χ4v) is 6.24. The number of nitrogens with two attached hydrogens (primary N) is 2. The first-order chi connectivity index (χ1) is 21.0. The van der Waals surface area contributed by atoms with E-state index in [1.165, 1.54) is 22.0 Å². The van der Waals surface area contributed by atoms with Gasteiger partial charge in [-0.1, -0.05) is 6.07 Å². The molecule has 0 spiro atoms. The van der Waals surface area contributed by atoms with Crippen LogP contribution >= 0.6 is 23.1 Å². The molecule has 9 N–H and O–H groups in total. The molecule has 2 aliphatic rings. The van der Waals surface area contributed by atoms with Crippen LogP contribution in [-0.2, 0) is 20.8 Å². The van der Waals surface area contributed by atoms with E-state index < -0.39 is 48.8 Å². The molecule has 0 saturated carbocycles. The molecule has 2 atom stereocenters. The maximum atomic E-state index is 13.5. The summed E-state index contributed by atoms with van der Waals surface area (Å²) in [4.78, 5) is 70.2. The van der Waals surface area contributed by atoms with Crippen molar-refractivity contribution in [2.75, 3.05) is 50.8 Å². The van der Waals surface area contributed by atoms with Crippen LogP contribution in [0, 0.1) is 0 Å². The van der Waals surface area contributed by atoms with Gasteiger partial charge in [-0.05, 0) is 25.0 Å². The Bertz CT molecular complexity index is 1430.